The highest BCUT2D eigenvalue weighted by molar-refractivity contribution is 7.91. The Morgan fingerprint density at radius 1 is 0.984 bits per heavy atom. The molecule has 3 saturated heterocycles. The lowest BCUT2D eigenvalue weighted by Crippen LogP contribution is -2.75. The molecule has 0 spiro atoms. The van der Waals surface area contributed by atoms with E-state index in [0.717, 1.165) is 31.8 Å². The molecule has 2 unspecified atom stereocenters. The number of benzene rings is 3. The van der Waals surface area contributed by atoms with E-state index in [-0.39, 0.29) is 69.3 Å². The van der Waals surface area contributed by atoms with Gasteiger partial charge in [-0.25, -0.2) is 12.8 Å². The normalized spacial score (nSPS) is 26.9. The first-order chi connectivity index (χ1) is 30.4. The number of hydrogen-bond acceptors (Lipinski definition) is 12. The minimum absolute atomic E-state index is 0.0135. The molecule has 0 aromatic heterocycles. The Bertz CT molecular complexity index is 2460. The number of halogens is 2. The summed E-state index contributed by atoms with van der Waals surface area (Å²) < 4.78 is 54.4. The van der Waals surface area contributed by atoms with Crippen LogP contribution in [0, 0.1) is 39.8 Å². The molecule has 4 heterocycles. The van der Waals surface area contributed by atoms with Crippen molar-refractivity contribution in [1.82, 2.24) is 36.0 Å². The van der Waals surface area contributed by atoms with Gasteiger partial charge in [0.05, 0.1) is 33.2 Å². The number of amides is 2. The van der Waals surface area contributed by atoms with Gasteiger partial charge < -0.3 is 25.0 Å². The number of hydrogen-bond donors (Lipinski definition) is 4. The summed E-state index contributed by atoms with van der Waals surface area (Å²) in [7, 11) is -1.85. The zero-order valence-corrected chi connectivity index (χ0v) is 38.8. The summed E-state index contributed by atoms with van der Waals surface area (Å²) in [5.74, 6) is 0.320. The van der Waals surface area contributed by atoms with Crippen LogP contribution in [-0.4, -0.2) is 118 Å². The zero-order chi connectivity index (χ0) is 45.7. The Balaban J connectivity index is 0.832. The summed E-state index contributed by atoms with van der Waals surface area (Å²) >= 11 is 6.26. The summed E-state index contributed by atoms with van der Waals surface area (Å²) in [6.45, 7) is 15.1. The summed E-state index contributed by atoms with van der Waals surface area (Å²) in [5, 5.41) is 23.2. The van der Waals surface area contributed by atoms with Crippen LogP contribution in [0.4, 0.5) is 4.39 Å². The fraction of sp³-hybridized carbons (Fsp3) is 0.511. The van der Waals surface area contributed by atoms with Crippen molar-refractivity contribution < 1.29 is 31.9 Å². The summed E-state index contributed by atoms with van der Waals surface area (Å²) in [6.07, 6.45) is 2.19. The summed E-state index contributed by atoms with van der Waals surface area (Å²) in [4.78, 5) is 32.7. The second-order valence-corrected chi connectivity index (χ2v) is 21.5. The number of sulfone groups is 1. The van der Waals surface area contributed by atoms with Crippen LogP contribution in [0.15, 0.2) is 65.7 Å². The van der Waals surface area contributed by atoms with Gasteiger partial charge in [0.1, 0.15) is 41.5 Å². The molecule has 17 heteroatoms. The summed E-state index contributed by atoms with van der Waals surface area (Å²) in [6, 6.07) is 16.2. The van der Waals surface area contributed by atoms with Crippen LogP contribution < -0.4 is 30.7 Å². The largest absolute Gasteiger partial charge is 0.489 e. The smallest absolute Gasteiger partial charge is 0.244 e. The number of carbonyl (C=O) groups excluding carboxylic acids is 2. The standard InChI is InChI=1S/C47H58ClFN8O6S/c1-7-64(60,61)33-12-13-39(35(22-33)36-27-55(6)42(59)40-34(36)14-15-51-40)62-32-11-9-29(38(49)21-32)26-56-16-18-57(19-17-56)45-52-24-30(25-53-45)41(58)54-43-46(2,3)44(47(43,4)5)63-31-10-8-28(23-50)37(48)20-31/h8-13,20-22,27,30,34,40,43-45,51-53H,7,14-19,24-26H2,1-6H3,(H,54,58). The lowest BCUT2D eigenvalue weighted by atomic mass is 9.49. The molecule has 4 fully saturated rings. The van der Waals surface area contributed by atoms with E-state index >= 15 is 4.39 Å². The number of ether oxygens (including phenoxy) is 2. The second kappa shape index (κ2) is 18.0. The first-order valence-corrected chi connectivity index (χ1v) is 24.1. The molecule has 4 N–H and O–H groups in total. The average molecular weight is 918 g/mol. The Kier molecular flexibility index (Phi) is 12.9. The van der Waals surface area contributed by atoms with E-state index in [1.165, 1.54) is 17.0 Å². The highest BCUT2D eigenvalue weighted by Gasteiger charge is 2.64. The molecule has 8 rings (SSSR count). The first kappa shape index (κ1) is 45.9. The van der Waals surface area contributed by atoms with E-state index in [1.807, 2.05) is 0 Å². The highest BCUT2D eigenvalue weighted by Crippen LogP contribution is 2.55. The molecule has 14 nitrogen and oxygen atoms in total. The maximum atomic E-state index is 15.8. The first-order valence-electron chi connectivity index (χ1n) is 22.1. The third kappa shape index (κ3) is 8.88. The van der Waals surface area contributed by atoms with E-state index < -0.39 is 21.7 Å². The van der Waals surface area contributed by atoms with Crippen LogP contribution in [-0.2, 0) is 26.0 Å². The number of likely N-dealkylation sites (N-methyl/N-ethyl adjacent to an activating group) is 1. The number of nitriles is 1. The monoisotopic (exact) mass is 916 g/mol. The van der Waals surface area contributed by atoms with Crippen LogP contribution in [0.2, 0.25) is 5.02 Å². The summed E-state index contributed by atoms with van der Waals surface area (Å²) in [5.41, 5.74) is 1.57. The van der Waals surface area contributed by atoms with Gasteiger partial charge >= 0.3 is 0 Å². The van der Waals surface area contributed by atoms with Crippen LogP contribution in [0.5, 0.6) is 17.2 Å². The Hall–Kier alpha value is -4.60. The number of piperazine rings is 1. The van der Waals surface area contributed by atoms with Gasteiger partial charge in [0.15, 0.2) is 9.84 Å². The molecule has 0 bridgehead atoms. The van der Waals surface area contributed by atoms with Gasteiger partial charge in [-0.2, -0.15) is 5.26 Å². The van der Waals surface area contributed by atoms with Crippen molar-refractivity contribution in [3.8, 4) is 23.3 Å². The molecule has 1 saturated carbocycles. The molecule has 1 aliphatic carbocycles. The maximum absolute atomic E-state index is 15.8. The second-order valence-electron chi connectivity index (χ2n) is 18.8. The van der Waals surface area contributed by atoms with Gasteiger partial charge in [-0.3, -0.25) is 30.0 Å². The van der Waals surface area contributed by atoms with E-state index in [2.05, 4.69) is 64.8 Å². The fourth-order valence-electron chi connectivity index (χ4n) is 10.6. The Morgan fingerprint density at radius 2 is 1.69 bits per heavy atom. The predicted octanol–water partition coefficient (Wildman–Crippen LogP) is 4.94. The molecular weight excluding hydrogens is 859 g/mol. The number of fused-ring (bicyclic) bond motifs is 1. The Morgan fingerprint density at radius 3 is 2.34 bits per heavy atom. The van der Waals surface area contributed by atoms with Crippen LogP contribution >= 0.6 is 11.6 Å². The van der Waals surface area contributed by atoms with Crippen molar-refractivity contribution in [2.75, 3.05) is 58.6 Å². The van der Waals surface area contributed by atoms with Crippen molar-refractivity contribution in [2.24, 2.45) is 22.7 Å². The van der Waals surface area contributed by atoms with Crippen LogP contribution in [0.25, 0.3) is 5.57 Å². The molecule has 2 atom stereocenters. The van der Waals surface area contributed by atoms with Gasteiger partial charge in [0.2, 0.25) is 11.8 Å². The molecule has 3 aromatic carbocycles. The van der Waals surface area contributed by atoms with Crippen molar-refractivity contribution >= 4 is 38.8 Å². The van der Waals surface area contributed by atoms with E-state index in [4.69, 9.17) is 21.1 Å². The Labute approximate surface area is 380 Å². The van der Waals surface area contributed by atoms with Gasteiger partial charge in [0.25, 0.3) is 0 Å². The van der Waals surface area contributed by atoms with Crippen LogP contribution in [0.3, 0.4) is 0 Å². The van der Waals surface area contributed by atoms with Crippen molar-refractivity contribution in [2.45, 2.75) is 77.0 Å². The van der Waals surface area contributed by atoms with Crippen molar-refractivity contribution in [1.29, 1.82) is 5.26 Å². The predicted molar refractivity (Wildman–Crippen MR) is 241 cm³/mol. The average Bonchev–Trinajstić information content (AvgIpc) is 3.78. The van der Waals surface area contributed by atoms with Gasteiger partial charge in [-0.15, -0.1) is 0 Å². The van der Waals surface area contributed by atoms with Crippen molar-refractivity contribution in [3.63, 3.8) is 0 Å². The minimum atomic E-state index is -3.54. The molecule has 0 radical (unpaired) electrons. The molecule has 4 aliphatic heterocycles. The molecule has 342 valence electrons. The number of nitrogens with one attached hydrogen (secondary N) is 4. The molecule has 5 aliphatic rings. The lowest BCUT2D eigenvalue weighted by Gasteiger charge is -2.63. The van der Waals surface area contributed by atoms with Gasteiger partial charge in [-0.1, -0.05) is 52.3 Å². The molecule has 3 aromatic rings. The number of nitrogens with zero attached hydrogens (tertiary/aromatic N) is 4. The molecule has 64 heavy (non-hydrogen) atoms. The van der Waals surface area contributed by atoms with Crippen LogP contribution in [0.1, 0.15) is 57.7 Å². The fourth-order valence-corrected chi connectivity index (χ4v) is 11.7. The quantitative estimate of drug-likeness (QED) is 0.194. The highest BCUT2D eigenvalue weighted by atomic mass is 35.5. The SMILES string of the molecule is CCS(=O)(=O)c1ccc(Oc2ccc(CN3CCN(C4NCC(C(=O)NC5C(C)(C)C(Oc6ccc(C#N)c(Cl)c6)C5(C)C)CN4)CC3)c(F)c2)c(C2=CN(C)C(=O)C3NCCC23)c1. The minimum Gasteiger partial charge on any atom is -0.489 e. The lowest BCUT2D eigenvalue weighted by molar-refractivity contribution is -0.174. The van der Waals surface area contributed by atoms with E-state index in [9.17, 15) is 23.3 Å². The van der Waals surface area contributed by atoms with E-state index in [0.29, 0.717) is 65.8 Å². The number of carbonyl (C=O) groups is 2. The van der Waals surface area contributed by atoms with E-state index in [1.54, 1.807) is 62.6 Å². The third-order valence-corrected chi connectivity index (χ3v) is 16.0. The van der Waals surface area contributed by atoms with Crippen molar-refractivity contribution in [3.05, 3.63) is 88.3 Å². The third-order valence-electron chi connectivity index (χ3n) is 13.9. The number of rotatable bonds is 12. The topological polar surface area (TPSA) is 168 Å². The maximum Gasteiger partial charge on any atom is 0.244 e. The zero-order valence-electron chi connectivity index (χ0n) is 37.2. The molecule has 2 amide bonds. The molecular formula is C47H58ClFN8O6S. The van der Waals surface area contributed by atoms with Gasteiger partial charge in [0, 0.05) is 105 Å². The van der Waals surface area contributed by atoms with Gasteiger partial charge in [-0.05, 0) is 54.9 Å².